The highest BCUT2D eigenvalue weighted by molar-refractivity contribution is 7.89. The van der Waals surface area contributed by atoms with Gasteiger partial charge in [0.2, 0.25) is 16.0 Å². The van der Waals surface area contributed by atoms with E-state index < -0.39 is 33.5 Å². The Bertz CT molecular complexity index is 1410. The van der Waals surface area contributed by atoms with Gasteiger partial charge in [-0.25, -0.2) is 18.4 Å². The second kappa shape index (κ2) is 13.1. The van der Waals surface area contributed by atoms with Crippen molar-refractivity contribution in [3.8, 4) is 0 Å². The van der Waals surface area contributed by atoms with Crippen LogP contribution in [-0.2, 0) is 19.6 Å². The second-order valence-corrected chi connectivity index (χ2v) is 12.5. The average molecular weight is 581 g/mol. The molecule has 0 saturated carbocycles. The SMILES string of the molecule is CC(C)(C)OC(=O)[C@H](CNC(=O)c1ccc(N2CCC(Nc3ncccn3)CC2)cc1)NS(=O)(=O)c1ccccc1. The maximum absolute atomic E-state index is 12.9. The first-order chi connectivity index (χ1) is 19.5. The Morgan fingerprint density at radius 3 is 2.22 bits per heavy atom. The molecule has 4 rings (SSSR count). The third-order valence-electron chi connectivity index (χ3n) is 6.40. The molecule has 1 atom stereocenters. The van der Waals surface area contributed by atoms with Gasteiger partial charge in [-0.05, 0) is 76.1 Å². The largest absolute Gasteiger partial charge is 0.459 e. The van der Waals surface area contributed by atoms with E-state index in [1.54, 1.807) is 69.6 Å². The number of esters is 1. The lowest BCUT2D eigenvalue weighted by molar-refractivity contribution is -0.156. The number of nitrogens with zero attached hydrogens (tertiary/aromatic N) is 3. The molecule has 0 spiro atoms. The van der Waals surface area contributed by atoms with Gasteiger partial charge in [0.1, 0.15) is 11.6 Å². The van der Waals surface area contributed by atoms with Crippen molar-refractivity contribution in [2.45, 2.75) is 56.2 Å². The third-order valence-corrected chi connectivity index (χ3v) is 7.89. The number of nitrogens with one attached hydrogen (secondary N) is 3. The number of hydrogen-bond acceptors (Lipinski definition) is 9. The molecular formula is C29H36N6O5S. The fourth-order valence-corrected chi connectivity index (χ4v) is 5.57. The van der Waals surface area contributed by atoms with Crippen LogP contribution < -0.4 is 20.3 Å². The van der Waals surface area contributed by atoms with E-state index in [1.807, 2.05) is 12.1 Å². The quantitative estimate of drug-likeness (QED) is 0.309. The molecule has 12 heteroatoms. The lowest BCUT2D eigenvalue weighted by Crippen LogP contribution is -2.50. The molecule has 0 unspecified atom stereocenters. The molecule has 2 heterocycles. The number of hydrogen-bond donors (Lipinski definition) is 3. The van der Waals surface area contributed by atoms with E-state index in [9.17, 15) is 18.0 Å². The number of amides is 1. The minimum absolute atomic E-state index is 0.00341. The molecule has 1 aliphatic rings. The van der Waals surface area contributed by atoms with Gasteiger partial charge in [-0.15, -0.1) is 0 Å². The number of carbonyl (C=O) groups excluding carboxylic acids is 2. The van der Waals surface area contributed by atoms with Crippen LogP contribution in [0.15, 0.2) is 78.0 Å². The van der Waals surface area contributed by atoms with Crippen molar-refractivity contribution in [1.29, 1.82) is 0 Å². The zero-order chi connectivity index (χ0) is 29.5. The van der Waals surface area contributed by atoms with Crippen molar-refractivity contribution in [3.05, 3.63) is 78.6 Å². The summed E-state index contributed by atoms with van der Waals surface area (Å²) in [5, 5.41) is 6.03. The molecule has 0 bridgehead atoms. The smallest absolute Gasteiger partial charge is 0.326 e. The predicted molar refractivity (Wildman–Crippen MR) is 156 cm³/mol. The van der Waals surface area contributed by atoms with Gasteiger partial charge in [-0.3, -0.25) is 9.59 Å². The maximum Gasteiger partial charge on any atom is 0.326 e. The van der Waals surface area contributed by atoms with Crippen molar-refractivity contribution in [3.63, 3.8) is 0 Å². The first-order valence-corrected chi connectivity index (χ1v) is 15.0. The minimum Gasteiger partial charge on any atom is -0.459 e. The number of benzene rings is 2. The summed E-state index contributed by atoms with van der Waals surface area (Å²) >= 11 is 0. The summed E-state index contributed by atoms with van der Waals surface area (Å²) in [6, 6.07) is 15.6. The second-order valence-electron chi connectivity index (χ2n) is 10.8. The van der Waals surface area contributed by atoms with Crippen LogP contribution in [0.5, 0.6) is 0 Å². The Morgan fingerprint density at radius 2 is 1.61 bits per heavy atom. The Labute approximate surface area is 240 Å². The summed E-state index contributed by atoms with van der Waals surface area (Å²) < 4.78 is 33.5. The summed E-state index contributed by atoms with van der Waals surface area (Å²) in [6.07, 6.45) is 5.27. The van der Waals surface area contributed by atoms with Crippen molar-refractivity contribution < 1.29 is 22.7 Å². The van der Waals surface area contributed by atoms with E-state index >= 15 is 0 Å². The number of sulfonamides is 1. The molecule has 218 valence electrons. The van der Waals surface area contributed by atoms with Gasteiger partial charge < -0.3 is 20.3 Å². The Kier molecular flexibility index (Phi) is 9.56. The molecule has 1 fully saturated rings. The highest BCUT2D eigenvalue weighted by atomic mass is 32.2. The van der Waals surface area contributed by atoms with E-state index in [2.05, 4.69) is 30.2 Å². The molecule has 0 radical (unpaired) electrons. The topological polar surface area (TPSA) is 143 Å². The van der Waals surface area contributed by atoms with Gasteiger partial charge in [0.25, 0.3) is 5.91 Å². The molecule has 2 aromatic carbocycles. The molecule has 41 heavy (non-hydrogen) atoms. The highest BCUT2D eigenvalue weighted by Crippen LogP contribution is 2.22. The summed E-state index contributed by atoms with van der Waals surface area (Å²) in [7, 11) is -4.03. The van der Waals surface area contributed by atoms with Gasteiger partial charge in [0.05, 0.1) is 4.90 Å². The van der Waals surface area contributed by atoms with E-state index in [-0.39, 0.29) is 17.5 Å². The molecule has 1 aromatic heterocycles. The summed E-state index contributed by atoms with van der Waals surface area (Å²) in [5.41, 5.74) is 0.548. The minimum atomic E-state index is -4.03. The van der Waals surface area contributed by atoms with Crippen molar-refractivity contribution >= 4 is 33.5 Å². The number of anilines is 2. The van der Waals surface area contributed by atoms with Crippen LogP contribution in [0.25, 0.3) is 0 Å². The molecular weight excluding hydrogens is 544 g/mol. The van der Waals surface area contributed by atoms with Crippen LogP contribution in [-0.4, -0.2) is 67.6 Å². The molecule has 1 aliphatic heterocycles. The molecule has 3 N–H and O–H groups in total. The Hall–Kier alpha value is -4.03. The summed E-state index contributed by atoms with van der Waals surface area (Å²) in [4.78, 5) is 36.5. The number of rotatable bonds is 10. The number of piperidine rings is 1. The Morgan fingerprint density at radius 1 is 0.976 bits per heavy atom. The van der Waals surface area contributed by atoms with Crippen LogP contribution in [0, 0.1) is 0 Å². The van der Waals surface area contributed by atoms with Crippen LogP contribution in [0.4, 0.5) is 11.6 Å². The zero-order valence-corrected chi connectivity index (χ0v) is 24.2. The van der Waals surface area contributed by atoms with Crippen molar-refractivity contribution in [2.75, 3.05) is 29.9 Å². The van der Waals surface area contributed by atoms with Crippen LogP contribution >= 0.6 is 0 Å². The zero-order valence-electron chi connectivity index (χ0n) is 23.4. The fourth-order valence-electron chi connectivity index (χ4n) is 4.36. The van der Waals surface area contributed by atoms with Crippen LogP contribution in [0.2, 0.25) is 0 Å². The van der Waals surface area contributed by atoms with Gasteiger partial charge in [-0.2, -0.15) is 4.72 Å². The summed E-state index contributed by atoms with van der Waals surface area (Å²) in [6.45, 7) is 6.46. The first kappa shape index (κ1) is 29.9. The van der Waals surface area contributed by atoms with Crippen molar-refractivity contribution in [1.82, 2.24) is 20.0 Å². The molecule has 3 aromatic rings. The van der Waals surface area contributed by atoms with Crippen LogP contribution in [0.1, 0.15) is 44.0 Å². The predicted octanol–water partition coefficient (Wildman–Crippen LogP) is 2.98. The number of ether oxygens (including phenoxy) is 1. The average Bonchev–Trinajstić information content (AvgIpc) is 2.95. The first-order valence-electron chi connectivity index (χ1n) is 13.5. The summed E-state index contributed by atoms with van der Waals surface area (Å²) in [5.74, 6) is -0.595. The van der Waals surface area contributed by atoms with Gasteiger partial charge >= 0.3 is 5.97 Å². The Balaban J connectivity index is 1.34. The molecule has 0 aliphatic carbocycles. The third kappa shape index (κ3) is 8.73. The van der Waals surface area contributed by atoms with E-state index in [4.69, 9.17) is 4.74 Å². The molecule has 1 amide bonds. The fraction of sp³-hybridized carbons (Fsp3) is 0.379. The lowest BCUT2D eigenvalue weighted by Gasteiger charge is -2.34. The monoisotopic (exact) mass is 580 g/mol. The number of carbonyl (C=O) groups is 2. The normalized spacial score (nSPS) is 15.1. The van der Waals surface area contributed by atoms with E-state index in [1.165, 1.54) is 12.1 Å². The number of aromatic nitrogens is 2. The lowest BCUT2D eigenvalue weighted by atomic mass is 10.0. The standard InChI is InChI=1S/C29H36N6O5S/c1-29(2,3)40-27(37)25(34-41(38,39)24-8-5-4-6-9-24)20-32-26(36)21-10-12-23(13-11-21)35-18-14-22(15-19-35)33-28-30-16-7-17-31-28/h4-13,16-17,22,25,34H,14-15,18-20H2,1-3H3,(H,32,36)(H,30,31,33)/t25-/m0/s1. The molecule has 1 saturated heterocycles. The van der Waals surface area contributed by atoms with Gasteiger partial charge in [0.15, 0.2) is 0 Å². The maximum atomic E-state index is 12.9. The highest BCUT2D eigenvalue weighted by Gasteiger charge is 2.30. The van der Waals surface area contributed by atoms with Gasteiger partial charge in [-0.1, -0.05) is 18.2 Å². The van der Waals surface area contributed by atoms with Crippen LogP contribution in [0.3, 0.4) is 0 Å². The van der Waals surface area contributed by atoms with Crippen molar-refractivity contribution in [2.24, 2.45) is 0 Å². The molecule has 11 nitrogen and oxygen atoms in total. The van der Waals surface area contributed by atoms with Gasteiger partial charge in [0, 0.05) is 49.3 Å². The van der Waals surface area contributed by atoms with E-state index in [0.717, 1.165) is 31.6 Å². The van der Waals surface area contributed by atoms with E-state index in [0.29, 0.717) is 11.5 Å².